The maximum Gasteiger partial charge on any atom is 0.437 e. The zero-order valence-electron chi connectivity index (χ0n) is 18.1. The van der Waals surface area contributed by atoms with Crippen molar-refractivity contribution in [3.63, 3.8) is 0 Å². The first kappa shape index (κ1) is 25.5. The first-order chi connectivity index (χ1) is 17.5. The second-order valence-electron chi connectivity index (χ2n) is 7.45. The molecule has 0 aliphatic carbocycles. The first-order valence-corrected chi connectivity index (χ1v) is 10.4. The molecule has 0 saturated carbocycles. The van der Waals surface area contributed by atoms with Crippen LogP contribution in [0.5, 0.6) is 11.5 Å². The zero-order valence-corrected chi connectivity index (χ0v) is 18.9. The van der Waals surface area contributed by atoms with Gasteiger partial charge in [0.15, 0.2) is 17.3 Å². The van der Waals surface area contributed by atoms with Gasteiger partial charge in [0.2, 0.25) is 5.75 Å². The number of aromatic amines is 1. The van der Waals surface area contributed by atoms with Crippen molar-refractivity contribution in [2.45, 2.75) is 12.7 Å². The number of nitrogens with one attached hydrogen (secondary N) is 1. The van der Waals surface area contributed by atoms with E-state index in [4.69, 9.17) is 21.6 Å². The summed E-state index contributed by atoms with van der Waals surface area (Å²) < 4.78 is 73.5. The van der Waals surface area contributed by atoms with Crippen LogP contribution in [0.2, 0.25) is 5.02 Å². The summed E-state index contributed by atoms with van der Waals surface area (Å²) in [6, 6.07) is 9.17. The van der Waals surface area contributed by atoms with Crippen molar-refractivity contribution in [2.24, 2.45) is 0 Å². The van der Waals surface area contributed by atoms with Gasteiger partial charge in [0.05, 0.1) is 29.2 Å². The third kappa shape index (κ3) is 5.34. The van der Waals surface area contributed by atoms with Crippen LogP contribution in [-0.2, 0) is 12.7 Å². The highest BCUT2D eigenvalue weighted by Gasteiger charge is 2.38. The minimum atomic E-state index is -5.08. The quantitative estimate of drug-likeness (QED) is 0.372. The summed E-state index contributed by atoms with van der Waals surface area (Å²) in [6.07, 6.45) is -4.50. The largest absolute Gasteiger partial charge is 0.449 e. The molecular weight excluding hydrogens is 525 g/mol. The van der Waals surface area contributed by atoms with E-state index in [0.29, 0.717) is 10.9 Å². The molecule has 0 spiro atoms. The highest BCUT2D eigenvalue weighted by atomic mass is 35.5. The lowest BCUT2D eigenvalue weighted by molar-refractivity contribution is -0.142. The van der Waals surface area contributed by atoms with Gasteiger partial charge in [-0.2, -0.15) is 23.5 Å². The molecule has 2 aromatic carbocycles. The van der Waals surface area contributed by atoms with Gasteiger partial charge in [-0.05, 0) is 36.4 Å². The minimum Gasteiger partial charge on any atom is -0.449 e. The molecule has 0 fully saturated rings. The van der Waals surface area contributed by atoms with Gasteiger partial charge in [-0.1, -0.05) is 11.6 Å². The molecule has 188 valence electrons. The number of nitrogens with zero attached hydrogens (tertiary/aromatic N) is 4. The van der Waals surface area contributed by atoms with Crippen LogP contribution in [-0.4, -0.2) is 19.7 Å². The summed E-state index contributed by atoms with van der Waals surface area (Å²) in [5.74, 6) is -3.76. The number of hydrogen-bond acceptors (Lipinski definition) is 6. The Labute approximate surface area is 208 Å². The lowest BCUT2D eigenvalue weighted by Crippen LogP contribution is -2.28. The highest BCUT2D eigenvalue weighted by molar-refractivity contribution is 6.31. The minimum absolute atomic E-state index is 0.00286. The van der Waals surface area contributed by atoms with Gasteiger partial charge in [-0.15, -0.1) is 0 Å². The number of H-pyrrole nitrogens is 1. The highest BCUT2D eigenvalue weighted by Crippen LogP contribution is 2.35. The van der Waals surface area contributed by atoms with Crippen molar-refractivity contribution >= 4 is 11.6 Å². The summed E-state index contributed by atoms with van der Waals surface area (Å²) in [4.78, 5) is 28.6. The Morgan fingerprint density at radius 3 is 2.51 bits per heavy atom. The Morgan fingerprint density at radius 1 is 1.08 bits per heavy atom. The van der Waals surface area contributed by atoms with E-state index in [1.807, 2.05) is 0 Å². The Morgan fingerprint density at radius 2 is 1.84 bits per heavy atom. The standard InChI is InChI=1S/C23H11ClF5N5O3/c24-15-3-2-14(5-12(15)8-30)37-19-20(23(27,28)29)31-10-34(22(19)36)9-13-7-18(32-33-21(13)35)11-1-4-16(25)17(26)6-11/h1-7,10H,9H2,(H,33,35). The molecule has 2 heterocycles. The molecule has 4 aromatic rings. The van der Waals surface area contributed by atoms with E-state index in [9.17, 15) is 31.5 Å². The van der Waals surface area contributed by atoms with E-state index in [-0.39, 0.29) is 33.2 Å². The van der Waals surface area contributed by atoms with E-state index in [0.717, 1.165) is 30.3 Å². The van der Waals surface area contributed by atoms with E-state index >= 15 is 0 Å². The molecule has 0 saturated heterocycles. The predicted octanol–water partition coefficient (Wildman–Crippen LogP) is 4.66. The van der Waals surface area contributed by atoms with Gasteiger partial charge in [0, 0.05) is 17.2 Å². The second kappa shape index (κ2) is 9.82. The number of benzene rings is 2. The third-order valence-corrected chi connectivity index (χ3v) is 5.31. The fourth-order valence-corrected chi connectivity index (χ4v) is 3.36. The molecular formula is C23H11ClF5N5O3. The molecule has 0 radical (unpaired) electrons. The molecule has 2 aromatic heterocycles. The number of halogens is 6. The molecule has 0 aliphatic heterocycles. The van der Waals surface area contributed by atoms with Crippen molar-refractivity contribution in [1.82, 2.24) is 19.7 Å². The van der Waals surface area contributed by atoms with Crippen LogP contribution in [0.4, 0.5) is 22.0 Å². The van der Waals surface area contributed by atoms with E-state index in [1.165, 1.54) is 12.1 Å². The smallest absolute Gasteiger partial charge is 0.437 e. The molecule has 0 amide bonds. The molecule has 4 rings (SSSR count). The SMILES string of the molecule is N#Cc1cc(Oc2c(C(F)(F)F)ncn(Cc3cc(-c4ccc(F)c(F)c4)n[nH]c3=O)c2=O)ccc1Cl. The van der Waals surface area contributed by atoms with Crippen LogP contribution < -0.4 is 15.9 Å². The third-order valence-electron chi connectivity index (χ3n) is 4.98. The number of aromatic nitrogens is 4. The lowest BCUT2D eigenvalue weighted by atomic mass is 10.1. The van der Waals surface area contributed by atoms with Gasteiger partial charge >= 0.3 is 6.18 Å². The number of hydrogen-bond donors (Lipinski definition) is 1. The second-order valence-corrected chi connectivity index (χ2v) is 7.85. The molecule has 0 unspecified atom stereocenters. The van der Waals surface area contributed by atoms with Crippen molar-refractivity contribution in [3.8, 4) is 28.8 Å². The topological polar surface area (TPSA) is 114 Å². The van der Waals surface area contributed by atoms with Crippen LogP contribution in [0.25, 0.3) is 11.3 Å². The summed E-state index contributed by atoms with van der Waals surface area (Å²) in [5, 5.41) is 15.0. The average molecular weight is 536 g/mol. The van der Waals surface area contributed by atoms with Crippen LogP contribution in [0.1, 0.15) is 16.8 Å². The van der Waals surface area contributed by atoms with Gasteiger partial charge in [-0.25, -0.2) is 18.9 Å². The van der Waals surface area contributed by atoms with E-state index in [1.54, 1.807) is 6.07 Å². The molecule has 8 nitrogen and oxygen atoms in total. The molecule has 14 heteroatoms. The first-order valence-electron chi connectivity index (χ1n) is 10.1. The van der Waals surface area contributed by atoms with E-state index < -0.39 is 46.9 Å². The number of ether oxygens (including phenoxy) is 1. The van der Waals surface area contributed by atoms with Crippen LogP contribution >= 0.6 is 11.6 Å². The maximum atomic E-state index is 13.6. The number of nitriles is 1. The van der Waals surface area contributed by atoms with Crippen molar-refractivity contribution in [1.29, 1.82) is 5.26 Å². The number of rotatable bonds is 5. The molecule has 37 heavy (non-hydrogen) atoms. The van der Waals surface area contributed by atoms with Crippen LogP contribution in [0.15, 0.2) is 58.4 Å². The van der Waals surface area contributed by atoms with Crippen molar-refractivity contribution in [3.05, 3.63) is 103 Å². The fraction of sp³-hybridized carbons (Fsp3) is 0.0870. The summed E-state index contributed by atoms with van der Waals surface area (Å²) in [5.41, 5.74) is -3.88. The zero-order chi connectivity index (χ0) is 26.9. The Bertz CT molecular complexity index is 1680. The summed E-state index contributed by atoms with van der Waals surface area (Å²) in [7, 11) is 0. The Hall–Kier alpha value is -4.57. The van der Waals surface area contributed by atoms with Gasteiger partial charge in [0.1, 0.15) is 11.8 Å². The summed E-state index contributed by atoms with van der Waals surface area (Å²) in [6.45, 7) is -0.571. The normalized spacial score (nSPS) is 11.3. The molecule has 0 bridgehead atoms. The summed E-state index contributed by atoms with van der Waals surface area (Å²) >= 11 is 5.82. The van der Waals surface area contributed by atoms with Crippen LogP contribution in [0, 0.1) is 23.0 Å². The molecule has 1 N–H and O–H groups in total. The van der Waals surface area contributed by atoms with Crippen molar-refractivity contribution < 1.29 is 26.7 Å². The van der Waals surface area contributed by atoms with Gasteiger partial charge in [-0.3, -0.25) is 14.2 Å². The monoisotopic (exact) mass is 535 g/mol. The van der Waals surface area contributed by atoms with Crippen molar-refractivity contribution in [2.75, 3.05) is 0 Å². The maximum absolute atomic E-state index is 13.6. The molecule has 0 atom stereocenters. The average Bonchev–Trinajstić information content (AvgIpc) is 2.85. The Kier molecular flexibility index (Phi) is 6.78. The number of alkyl halides is 3. The lowest BCUT2D eigenvalue weighted by Gasteiger charge is -2.15. The predicted molar refractivity (Wildman–Crippen MR) is 119 cm³/mol. The fourth-order valence-electron chi connectivity index (χ4n) is 3.20. The van der Waals surface area contributed by atoms with Crippen LogP contribution in [0.3, 0.4) is 0 Å². The molecule has 0 aliphatic rings. The van der Waals surface area contributed by atoms with Gasteiger partial charge < -0.3 is 4.74 Å². The van der Waals surface area contributed by atoms with Gasteiger partial charge in [0.25, 0.3) is 11.1 Å². The van der Waals surface area contributed by atoms with E-state index in [2.05, 4.69) is 15.2 Å². The Balaban J connectivity index is 1.77.